The monoisotopic (exact) mass is 589 g/mol. The maximum Gasteiger partial charge on any atom is 0.417 e. The van der Waals surface area contributed by atoms with Crippen LogP contribution in [-0.4, -0.2) is 49.5 Å². The van der Waals surface area contributed by atoms with E-state index in [1.807, 2.05) is 0 Å². The maximum absolute atomic E-state index is 14.0. The molecule has 2 unspecified atom stereocenters. The number of halogens is 3. The third-order valence-corrected chi connectivity index (χ3v) is 7.23. The second kappa shape index (κ2) is 12.2. The lowest BCUT2D eigenvalue weighted by Gasteiger charge is -2.33. The summed E-state index contributed by atoms with van der Waals surface area (Å²) in [7, 11) is 0. The minimum Gasteiger partial charge on any atom is -0.480 e. The van der Waals surface area contributed by atoms with Crippen molar-refractivity contribution in [2.45, 2.75) is 37.7 Å². The molecule has 0 aliphatic carbocycles. The van der Waals surface area contributed by atoms with Gasteiger partial charge in [0, 0.05) is 46.6 Å². The molecule has 1 aliphatic rings. The first-order chi connectivity index (χ1) is 20.6. The van der Waals surface area contributed by atoms with Crippen LogP contribution in [0.25, 0.3) is 22.2 Å². The summed E-state index contributed by atoms with van der Waals surface area (Å²) in [6, 6.07) is 12.2. The van der Waals surface area contributed by atoms with Gasteiger partial charge in [0.15, 0.2) is 0 Å². The zero-order chi connectivity index (χ0) is 30.7. The van der Waals surface area contributed by atoms with E-state index in [1.54, 1.807) is 48.8 Å². The number of carbonyl (C=O) groups excluding carboxylic acids is 1. The Morgan fingerprint density at radius 2 is 1.77 bits per heavy atom. The Morgan fingerprint density at radius 3 is 2.47 bits per heavy atom. The second-order valence-electron chi connectivity index (χ2n) is 9.99. The first-order valence-electron chi connectivity index (χ1n) is 13.3. The fourth-order valence-corrected chi connectivity index (χ4v) is 5.06. The van der Waals surface area contributed by atoms with E-state index in [2.05, 4.69) is 27.2 Å². The second-order valence-corrected chi connectivity index (χ2v) is 9.99. The van der Waals surface area contributed by atoms with E-state index in [9.17, 15) is 33.0 Å². The van der Waals surface area contributed by atoms with Gasteiger partial charge in [0.1, 0.15) is 12.3 Å². The van der Waals surface area contributed by atoms with Crippen LogP contribution < -0.4 is 11.3 Å². The van der Waals surface area contributed by atoms with Crippen LogP contribution in [0.4, 0.5) is 13.2 Å². The molecule has 9 nitrogen and oxygen atoms in total. The number of aliphatic hydroxyl groups is 1. The van der Waals surface area contributed by atoms with Gasteiger partial charge in [0.05, 0.1) is 22.3 Å². The summed E-state index contributed by atoms with van der Waals surface area (Å²) in [6.07, 6.45) is -1.57. The number of alkyl halides is 3. The minimum atomic E-state index is -4.85. The third-order valence-electron chi connectivity index (χ3n) is 7.23. The number of nitrogens with two attached hydrogens (primary N) is 1. The van der Waals surface area contributed by atoms with Gasteiger partial charge in [-0.3, -0.25) is 15.6 Å². The van der Waals surface area contributed by atoms with Crippen molar-refractivity contribution in [1.82, 2.24) is 20.3 Å². The molecular formula is C31H26F3N5O4. The molecule has 1 aliphatic heterocycles. The van der Waals surface area contributed by atoms with Gasteiger partial charge in [0.2, 0.25) is 0 Å². The fraction of sp³-hybridized carbons (Fsp3) is 0.226. The molecule has 0 bridgehead atoms. The normalized spacial score (nSPS) is 15.9. The number of nitrogens with one attached hydrogen (secondary N) is 1. The number of benzene rings is 2. The average molecular weight is 590 g/mol. The average Bonchev–Trinajstić information content (AvgIpc) is 3.02. The standard InChI is InChI=1S/C31H26F3N5O4/c32-31(33,34)24-15-19(8-11-21(24)29(41)39-14-2-1-3-27(39)30(42)43)5-4-18-6-9-20(10-7-18)26-16-22(28(40)38-35)23-17-36-13-12-25(23)37-26/h6-13,15-17,27-28,38,40H,1-3,14,35H2,(H,42,43). The van der Waals surface area contributed by atoms with E-state index in [1.165, 1.54) is 6.07 Å². The number of aliphatic carboxylic acids is 1. The van der Waals surface area contributed by atoms with Crippen molar-refractivity contribution in [3.05, 3.63) is 94.8 Å². The number of hydrogen-bond acceptors (Lipinski definition) is 7. The van der Waals surface area contributed by atoms with Crippen LogP contribution in [-0.2, 0) is 11.0 Å². The number of piperidine rings is 1. The number of hydrazine groups is 1. The molecule has 2 aromatic heterocycles. The zero-order valence-corrected chi connectivity index (χ0v) is 22.6. The molecule has 43 heavy (non-hydrogen) atoms. The Hall–Kier alpha value is -4.83. The van der Waals surface area contributed by atoms with E-state index in [0.29, 0.717) is 46.1 Å². The molecule has 5 N–H and O–H groups in total. The molecule has 2 aromatic carbocycles. The number of amides is 1. The van der Waals surface area contributed by atoms with Crippen LogP contribution in [0.1, 0.15) is 58.1 Å². The zero-order valence-electron chi connectivity index (χ0n) is 22.6. The summed E-state index contributed by atoms with van der Waals surface area (Å²) in [4.78, 5) is 34.4. The van der Waals surface area contributed by atoms with Crippen LogP contribution in [0.3, 0.4) is 0 Å². The van der Waals surface area contributed by atoms with Gasteiger partial charge in [0.25, 0.3) is 5.91 Å². The number of pyridine rings is 2. The third kappa shape index (κ3) is 6.34. The number of fused-ring (bicyclic) bond motifs is 1. The Morgan fingerprint density at radius 1 is 1.05 bits per heavy atom. The number of carboxylic acid groups (broad SMARTS) is 1. The Balaban J connectivity index is 1.42. The number of likely N-dealkylation sites (tertiary alicyclic amines) is 1. The Kier molecular flexibility index (Phi) is 8.40. The van der Waals surface area contributed by atoms with Gasteiger partial charge in [-0.1, -0.05) is 24.0 Å². The van der Waals surface area contributed by atoms with Crippen molar-refractivity contribution in [2.75, 3.05) is 6.54 Å². The number of aliphatic hydroxyl groups excluding tert-OH is 1. The van der Waals surface area contributed by atoms with Gasteiger partial charge in [-0.05, 0) is 61.7 Å². The van der Waals surface area contributed by atoms with Gasteiger partial charge >= 0.3 is 12.1 Å². The molecule has 1 saturated heterocycles. The highest BCUT2D eigenvalue weighted by Crippen LogP contribution is 2.34. The summed E-state index contributed by atoms with van der Waals surface area (Å²) >= 11 is 0. The first kappa shape index (κ1) is 29.7. The molecule has 0 saturated carbocycles. The molecule has 220 valence electrons. The fourth-order valence-electron chi connectivity index (χ4n) is 5.06. The molecular weight excluding hydrogens is 563 g/mol. The topological polar surface area (TPSA) is 142 Å². The van der Waals surface area contributed by atoms with E-state index in [4.69, 9.17) is 5.84 Å². The van der Waals surface area contributed by atoms with Gasteiger partial charge in [-0.2, -0.15) is 13.2 Å². The molecule has 1 amide bonds. The Bertz CT molecular complexity index is 1750. The molecule has 5 rings (SSSR count). The van der Waals surface area contributed by atoms with Crippen molar-refractivity contribution in [3.63, 3.8) is 0 Å². The summed E-state index contributed by atoms with van der Waals surface area (Å²) in [5, 5.41) is 20.4. The minimum absolute atomic E-state index is 0.0408. The first-order valence-corrected chi connectivity index (χ1v) is 13.3. The lowest BCUT2D eigenvalue weighted by atomic mass is 9.97. The SMILES string of the molecule is NNC(O)c1cc(-c2ccc(C#Cc3ccc(C(=O)N4CCCCC4C(=O)O)c(C(F)(F)F)c3)cc2)nc2ccncc12. The van der Waals surface area contributed by atoms with Crippen LogP contribution in [0.2, 0.25) is 0 Å². The van der Waals surface area contributed by atoms with E-state index in [-0.39, 0.29) is 18.5 Å². The number of carbonyl (C=O) groups is 2. The van der Waals surface area contributed by atoms with E-state index in [0.717, 1.165) is 17.0 Å². The van der Waals surface area contributed by atoms with Crippen molar-refractivity contribution in [1.29, 1.82) is 0 Å². The van der Waals surface area contributed by atoms with Crippen LogP contribution in [0, 0.1) is 11.8 Å². The van der Waals surface area contributed by atoms with Crippen molar-refractivity contribution in [3.8, 4) is 23.1 Å². The number of carboxylic acids is 1. The number of aromatic nitrogens is 2. The quantitative estimate of drug-likeness (QED) is 0.117. The van der Waals surface area contributed by atoms with Gasteiger partial charge in [-0.25, -0.2) is 15.2 Å². The molecule has 2 atom stereocenters. The number of rotatable bonds is 5. The highest BCUT2D eigenvalue weighted by atomic mass is 19.4. The smallest absolute Gasteiger partial charge is 0.417 e. The number of hydrogen-bond donors (Lipinski definition) is 4. The molecule has 12 heteroatoms. The molecule has 0 spiro atoms. The summed E-state index contributed by atoms with van der Waals surface area (Å²) in [5.74, 6) is 8.77. The highest BCUT2D eigenvalue weighted by Gasteiger charge is 2.39. The summed E-state index contributed by atoms with van der Waals surface area (Å²) in [6.45, 7) is 0.0718. The Labute approximate surface area is 244 Å². The largest absolute Gasteiger partial charge is 0.480 e. The van der Waals surface area contributed by atoms with Crippen LogP contribution in [0.5, 0.6) is 0 Å². The maximum atomic E-state index is 14.0. The molecule has 0 radical (unpaired) electrons. The predicted molar refractivity (Wildman–Crippen MR) is 151 cm³/mol. The summed E-state index contributed by atoms with van der Waals surface area (Å²) in [5.41, 5.74) is 3.43. The molecule has 3 heterocycles. The van der Waals surface area contributed by atoms with Crippen LogP contribution >= 0.6 is 0 Å². The van der Waals surface area contributed by atoms with Crippen LogP contribution in [0.15, 0.2) is 67.0 Å². The summed E-state index contributed by atoms with van der Waals surface area (Å²) < 4.78 is 42.0. The lowest BCUT2D eigenvalue weighted by Crippen LogP contribution is -2.48. The van der Waals surface area contributed by atoms with E-state index < -0.39 is 41.4 Å². The number of nitrogens with zero attached hydrogens (tertiary/aromatic N) is 3. The van der Waals surface area contributed by atoms with Gasteiger partial charge in [-0.15, -0.1) is 0 Å². The molecule has 1 fully saturated rings. The van der Waals surface area contributed by atoms with E-state index >= 15 is 0 Å². The van der Waals surface area contributed by atoms with Gasteiger partial charge < -0.3 is 15.1 Å². The predicted octanol–water partition coefficient (Wildman–Crippen LogP) is 4.25. The molecule has 4 aromatic rings. The van der Waals surface area contributed by atoms with Crippen molar-refractivity contribution < 1.29 is 33.0 Å². The van der Waals surface area contributed by atoms with Crippen molar-refractivity contribution in [2.24, 2.45) is 5.84 Å². The lowest BCUT2D eigenvalue weighted by molar-refractivity contribution is -0.143. The highest BCUT2D eigenvalue weighted by molar-refractivity contribution is 5.98. The van der Waals surface area contributed by atoms with Crippen molar-refractivity contribution >= 4 is 22.8 Å².